The van der Waals surface area contributed by atoms with Crippen molar-refractivity contribution in [2.24, 2.45) is 0 Å². The third-order valence-corrected chi connectivity index (χ3v) is 4.46. The Hall–Kier alpha value is -2.66. The summed E-state index contributed by atoms with van der Waals surface area (Å²) in [5.74, 6) is 0.534. The summed E-state index contributed by atoms with van der Waals surface area (Å²) in [6.45, 7) is 4.25. The van der Waals surface area contributed by atoms with Gasteiger partial charge in [-0.25, -0.2) is 0 Å². The van der Waals surface area contributed by atoms with E-state index in [1.54, 1.807) is 12.3 Å². The summed E-state index contributed by atoms with van der Waals surface area (Å²) in [5, 5.41) is 12.4. The van der Waals surface area contributed by atoms with Gasteiger partial charge in [-0.15, -0.1) is 0 Å². The summed E-state index contributed by atoms with van der Waals surface area (Å²) in [7, 11) is 0. The first-order chi connectivity index (χ1) is 12.6. The molecular formula is C21H26N2O3. The van der Waals surface area contributed by atoms with E-state index in [0.29, 0.717) is 19.4 Å². The van der Waals surface area contributed by atoms with Gasteiger partial charge in [-0.2, -0.15) is 0 Å². The maximum absolute atomic E-state index is 12.1. The molecule has 5 nitrogen and oxygen atoms in total. The summed E-state index contributed by atoms with van der Waals surface area (Å²) < 4.78 is 5.69. The Morgan fingerprint density at radius 2 is 1.92 bits per heavy atom. The zero-order valence-corrected chi connectivity index (χ0v) is 15.3. The van der Waals surface area contributed by atoms with Crippen molar-refractivity contribution in [2.45, 2.75) is 38.8 Å². The number of ether oxygens (including phenoxy) is 1. The lowest BCUT2D eigenvalue weighted by Gasteiger charge is -2.30. The molecule has 1 aromatic heterocycles. The summed E-state index contributed by atoms with van der Waals surface area (Å²) in [6, 6.07) is 13.2. The molecule has 2 aromatic rings. The van der Waals surface area contributed by atoms with E-state index in [9.17, 15) is 9.90 Å². The van der Waals surface area contributed by atoms with Crippen molar-refractivity contribution in [3.8, 4) is 5.75 Å². The zero-order chi connectivity index (χ0) is 18.8. The van der Waals surface area contributed by atoms with Crippen LogP contribution in [0.3, 0.4) is 0 Å². The maximum Gasteiger partial charge on any atom is 0.244 e. The fourth-order valence-electron chi connectivity index (χ4n) is 2.48. The Bertz CT molecular complexity index is 700. The van der Waals surface area contributed by atoms with Crippen molar-refractivity contribution < 1.29 is 14.6 Å². The smallest absolute Gasteiger partial charge is 0.244 e. The summed E-state index contributed by atoms with van der Waals surface area (Å²) in [4.78, 5) is 16.3. The van der Waals surface area contributed by atoms with Crippen LogP contribution in [0.15, 0.2) is 54.7 Å². The van der Waals surface area contributed by atoms with Crippen LogP contribution < -0.4 is 10.1 Å². The van der Waals surface area contributed by atoms with Gasteiger partial charge in [0.25, 0.3) is 0 Å². The van der Waals surface area contributed by atoms with E-state index in [1.165, 1.54) is 6.08 Å². The molecule has 2 N–H and O–H groups in total. The molecule has 1 aromatic carbocycles. The van der Waals surface area contributed by atoms with E-state index in [4.69, 9.17) is 4.74 Å². The van der Waals surface area contributed by atoms with E-state index in [2.05, 4.69) is 10.3 Å². The zero-order valence-electron chi connectivity index (χ0n) is 15.3. The topological polar surface area (TPSA) is 71.5 Å². The van der Waals surface area contributed by atoms with Gasteiger partial charge in [0.05, 0.1) is 17.8 Å². The van der Waals surface area contributed by atoms with Crippen molar-refractivity contribution in [3.63, 3.8) is 0 Å². The van der Waals surface area contributed by atoms with E-state index in [1.807, 2.05) is 56.3 Å². The molecule has 0 atom stereocenters. The van der Waals surface area contributed by atoms with Gasteiger partial charge in [0, 0.05) is 12.3 Å². The predicted molar refractivity (Wildman–Crippen MR) is 103 cm³/mol. The highest BCUT2D eigenvalue weighted by molar-refractivity contribution is 5.92. The van der Waals surface area contributed by atoms with E-state index < -0.39 is 5.54 Å². The van der Waals surface area contributed by atoms with Gasteiger partial charge in [-0.05, 0) is 48.7 Å². The van der Waals surface area contributed by atoms with Crippen molar-refractivity contribution in [1.29, 1.82) is 0 Å². The highest BCUT2D eigenvalue weighted by Gasteiger charge is 2.26. The van der Waals surface area contributed by atoms with Crippen LogP contribution in [0.25, 0.3) is 6.08 Å². The molecule has 0 unspecified atom stereocenters. The van der Waals surface area contributed by atoms with Crippen LogP contribution in [0.1, 0.15) is 37.9 Å². The molecule has 138 valence electrons. The number of benzene rings is 1. The lowest BCUT2D eigenvalue weighted by molar-refractivity contribution is -0.119. The second-order valence-electron chi connectivity index (χ2n) is 6.15. The molecule has 1 amide bonds. The molecule has 2 rings (SSSR count). The first kappa shape index (κ1) is 19.7. The molecule has 0 aliphatic carbocycles. The van der Waals surface area contributed by atoms with E-state index >= 15 is 0 Å². The van der Waals surface area contributed by atoms with Crippen molar-refractivity contribution in [3.05, 3.63) is 66.0 Å². The number of pyridine rings is 1. The molecule has 0 fully saturated rings. The molecule has 1 heterocycles. The summed E-state index contributed by atoms with van der Waals surface area (Å²) in [5.41, 5.74) is 1.21. The average Bonchev–Trinajstić information content (AvgIpc) is 2.70. The number of nitrogens with one attached hydrogen (secondary N) is 1. The monoisotopic (exact) mass is 354 g/mol. The molecule has 26 heavy (non-hydrogen) atoms. The maximum atomic E-state index is 12.1. The summed E-state index contributed by atoms with van der Waals surface area (Å²) >= 11 is 0. The van der Waals surface area contributed by atoms with Crippen molar-refractivity contribution in [1.82, 2.24) is 10.3 Å². The van der Waals surface area contributed by atoms with Gasteiger partial charge < -0.3 is 15.2 Å². The normalized spacial score (nSPS) is 11.5. The second kappa shape index (κ2) is 9.73. The fourth-order valence-corrected chi connectivity index (χ4v) is 2.48. The Morgan fingerprint density at radius 1 is 1.19 bits per heavy atom. The van der Waals surface area contributed by atoms with Crippen LogP contribution in [0.2, 0.25) is 0 Å². The molecule has 0 spiro atoms. The van der Waals surface area contributed by atoms with Gasteiger partial charge >= 0.3 is 0 Å². The molecule has 0 saturated heterocycles. The van der Waals surface area contributed by atoms with Crippen LogP contribution in [0, 0.1) is 0 Å². The number of amides is 1. The lowest BCUT2D eigenvalue weighted by atomic mass is 9.94. The van der Waals surface area contributed by atoms with Crippen LogP contribution in [0.4, 0.5) is 0 Å². The Morgan fingerprint density at radius 3 is 2.50 bits per heavy atom. The molecule has 0 radical (unpaired) electrons. The third-order valence-electron chi connectivity index (χ3n) is 4.46. The Balaban J connectivity index is 1.89. The molecule has 0 aliphatic heterocycles. The van der Waals surface area contributed by atoms with Crippen molar-refractivity contribution in [2.75, 3.05) is 6.61 Å². The van der Waals surface area contributed by atoms with Crippen LogP contribution in [-0.2, 0) is 11.4 Å². The number of aliphatic hydroxyl groups excluding tert-OH is 1. The lowest BCUT2D eigenvalue weighted by Crippen LogP contribution is -2.49. The number of hydrogen-bond acceptors (Lipinski definition) is 4. The third kappa shape index (κ3) is 5.70. The predicted octanol–water partition coefficient (Wildman–Crippen LogP) is 3.34. The molecule has 0 aliphatic rings. The molecule has 0 bridgehead atoms. The SMILES string of the molecule is CCC(CC)(CO)NC(=O)C=Cc1ccc(OCc2ccccn2)cc1. The van der Waals surface area contributed by atoms with Crippen LogP contribution >= 0.6 is 0 Å². The van der Waals surface area contributed by atoms with E-state index in [-0.39, 0.29) is 12.5 Å². The van der Waals surface area contributed by atoms with Gasteiger partial charge in [0.15, 0.2) is 0 Å². The minimum Gasteiger partial charge on any atom is -0.487 e. The Labute approximate surface area is 154 Å². The minimum atomic E-state index is -0.551. The average molecular weight is 354 g/mol. The first-order valence-corrected chi connectivity index (χ1v) is 8.84. The number of hydrogen-bond donors (Lipinski definition) is 2. The molecular weight excluding hydrogens is 328 g/mol. The van der Waals surface area contributed by atoms with Gasteiger partial charge in [0.2, 0.25) is 5.91 Å². The highest BCUT2D eigenvalue weighted by atomic mass is 16.5. The number of carbonyl (C=O) groups excluding carboxylic acids is 1. The number of aromatic nitrogens is 1. The Kier molecular flexibility index (Phi) is 7.36. The molecule has 5 heteroatoms. The second-order valence-corrected chi connectivity index (χ2v) is 6.15. The number of rotatable bonds is 9. The molecule has 0 saturated carbocycles. The van der Waals surface area contributed by atoms with Gasteiger partial charge in [0.1, 0.15) is 12.4 Å². The number of carbonyl (C=O) groups is 1. The number of nitrogens with zero attached hydrogens (tertiary/aromatic N) is 1. The number of aliphatic hydroxyl groups is 1. The first-order valence-electron chi connectivity index (χ1n) is 8.84. The standard InChI is InChI=1S/C21H26N2O3/c1-3-21(4-2,16-24)23-20(25)13-10-17-8-11-19(12-9-17)26-15-18-7-5-6-14-22-18/h5-14,24H,3-4,15-16H2,1-2H3,(H,23,25). The van der Waals surface area contributed by atoms with Crippen LogP contribution in [0.5, 0.6) is 5.75 Å². The van der Waals surface area contributed by atoms with Gasteiger partial charge in [-0.1, -0.05) is 32.0 Å². The summed E-state index contributed by atoms with van der Waals surface area (Å²) in [6.07, 6.45) is 6.33. The van der Waals surface area contributed by atoms with Gasteiger partial charge in [-0.3, -0.25) is 9.78 Å². The van der Waals surface area contributed by atoms with Crippen molar-refractivity contribution >= 4 is 12.0 Å². The fraction of sp³-hybridized carbons (Fsp3) is 0.333. The quantitative estimate of drug-likeness (QED) is 0.678. The van der Waals surface area contributed by atoms with Crippen LogP contribution in [-0.4, -0.2) is 28.1 Å². The highest BCUT2D eigenvalue weighted by Crippen LogP contribution is 2.16. The minimum absolute atomic E-state index is 0.0676. The van der Waals surface area contributed by atoms with E-state index in [0.717, 1.165) is 17.0 Å². The largest absolute Gasteiger partial charge is 0.487 e.